The first kappa shape index (κ1) is 22.2. The number of benzene rings is 2. The number of carbonyl (C=O) groups excluding carboxylic acids is 1. The zero-order valence-corrected chi connectivity index (χ0v) is 18.0. The number of piperidine rings is 2. The Balaban J connectivity index is 1.52. The van der Waals surface area contributed by atoms with Crippen molar-refractivity contribution in [1.82, 2.24) is 10.2 Å². The lowest BCUT2D eigenvalue weighted by atomic mass is 9.84. The van der Waals surface area contributed by atoms with E-state index < -0.39 is 22.7 Å². The minimum atomic E-state index is -4.61. The molecule has 4 rings (SSSR count). The number of alkyl halides is 3. The number of rotatable bonds is 4. The van der Waals surface area contributed by atoms with Gasteiger partial charge in [0.25, 0.3) is 5.91 Å². The molecule has 0 aliphatic carbocycles. The van der Waals surface area contributed by atoms with Gasteiger partial charge in [0.2, 0.25) is 0 Å². The maximum absolute atomic E-state index is 13.1. The lowest BCUT2D eigenvalue weighted by Crippen LogP contribution is -2.45. The molecule has 2 atom stereocenters. The zero-order chi connectivity index (χ0) is 22.0. The molecule has 1 amide bonds. The second-order valence-electron chi connectivity index (χ2n) is 8.38. The molecule has 31 heavy (non-hydrogen) atoms. The number of nitrogens with one attached hydrogen (secondary N) is 1. The maximum Gasteiger partial charge on any atom is 0.417 e. The largest absolute Gasteiger partial charge is 0.417 e. The highest BCUT2D eigenvalue weighted by molar-refractivity contribution is 6.34. The molecule has 2 aliphatic heterocycles. The Hall–Kier alpha value is -2.05. The van der Waals surface area contributed by atoms with Gasteiger partial charge in [-0.05, 0) is 61.9 Å². The first-order valence-electron chi connectivity index (χ1n) is 10.8. The van der Waals surface area contributed by atoms with Crippen LogP contribution in [-0.2, 0) is 12.7 Å². The van der Waals surface area contributed by atoms with E-state index >= 15 is 0 Å². The third-order valence-electron chi connectivity index (χ3n) is 6.49. The number of nitrogens with zero attached hydrogens (tertiary/aromatic N) is 1. The van der Waals surface area contributed by atoms with Crippen LogP contribution in [-0.4, -0.2) is 23.4 Å². The molecule has 0 spiro atoms. The minimum Gasteiger partial charge on any atom is -0.348 e. The van der Waals surface area contributed by atoms with E-state index in [1.165, 1.54) is 49.8 Å². The van der Waals surface area contributed by atoms with Gasteiger partial charge in [0.15, 0.2) is 0 Å². The Morgan fingerprint density at radius 3 is 2.61 bits per heavy atom. The second kappa shape index (κ2) is 9.21. The molecule has 2 saturated heterocycles. The van der Waals surface area contributed by atoms with Crippen LogP contribution in [0.5, 0.6) is 0 Å². The molecule has 7 heteroatoms. The van der Waals surface area contributed by atoms with Crippen molar-refractivity contribution >= 4 is 17.5 Å². The third-order valence-corrected chi connectivity index (χ3v) is 6.90. The highest BCUT2D eigenvalue weighted by Crippen LogP contribution is 2.40. The van der Waals surface area contributed by atoms with Crippen molar-refractivity contribution < 1.29 is 18.0 Å². The summed E-state index contributed by atoms with van der Waals surface area (Å²) in [5.74, 6) is -0.606. The molecule has 0 bridgehead atoms. The van der Waals surface area contributed by atoms with Gasteiger partial charge in [-0.25, -0.2) is 0 Å². The monoisotopic (exact) mass is 450 g/mol. The molecule has 3 nitrogen and oxygen atoms in total. The molecule has 1 N–H and O–H groups in total. The number of amides is 1. The topological polar surface area (TPSA) is 32.3 Å². The van der Waals surface area contributed by atoms with Gasteiger partial charge < -0.3 is 5.32 Å². The van der Waals surface area contributed by atoms with Crippen LogP contribution < -0.4 is 5.32 Å². The summed E-state index contributed by atoms with van der Waals surface area (Å²) in [6.45, 7) is 1.34. The van der Waals surface area contributed by atoms with Gasteiger partial charge in [0.1, 0.15) is 0 Å². The van der Waals surface area contributed by atoms with E-state index in [0.717, 1.165) is 24.6 Å². The van der Waals surface area contributed by atoms with Gasteiger partial charge in [0.05, 0.1) is 16.1 Å². The summed E-state index contributed by atoms with van der Waals surface area (Å²) < 4.78 is 39.4. The molecular formula is C24H26ClF3N2O. The Morgan fingerprint density at radius 1 is 1.03 bits per heavy atom. The lowest BCUT2D eigenvalue weighted by Gasteiger charge is -2.45. The van der Waals surface area contributed by atoms with Crippen LogP contribution >= 0.6 is 11.6 Å². The van der Waals surface area contributed by atoms with Crippen molar-refractivity contribution in [2.45, 2.75) is 63.3 Å². The van der Waals surface area contributed by atoms with Gasteiger partial charge in [-0.3, -0.25) is 9.69 Å². The third kappa shape index (κ3) is 4.75. The second-order valence-corrected chi connectivity index (χ2v) is 8.76. The SMILES string of the molecule is O=C(NCc1ccccc1C1CCCC2CCCCN21)c1cccc(C(F)(F)F)c1Cl. The Kier molecular flexibility index (Phi) is 6.58. The summed E-state index contributed by atoms with van der Waals surface area (Å²) in [6, 6.07) is 12.4. The Bertz CT molecular complexity index is 945. The lowest BCUT2D eigenvalue weighted by molar-refractivity contribution is -0.137. The van der Waals surface area contributed by atoms with Crippen LogP contribution in [0.15, 0.2) is 42.5 Å². The summed E-state index contributed by atoms with van der Waals surface area (Å²) in [5.41, 5.74) is 1.03. The Labute approximate surface area is 185 Å². The fourth-order valence-corrected chi connectivity index (χ4v) is 5.33. The van der Waals surface area contributed by atoms with Crippen LogP contribution in [0.4, 0.5) is 13.2 Å². The fraction of sp³-hybridized carbons (Fsp3) is 0.458. The van der Waals surface area contributed by atoms with Crippen molar-refractivity contribution in [1.29, 1.82) is 0 Å². The van der Waals surface area contributed by atoms with E-state index in [1.807, 2.05) is 18.2 Å². The number of fused-ring (bicyclic) bond motifs is 1. The molecule has 0 saturated carbocycles. The van der Waals surface area contributed by atoms with E-state index in [2.05, 4.69) is 16.3 Å². The van der Waals surface area contributed by atoms with Crippen molar-refractivity contribution in [3.63, 3.8) is 0 Å². The molecule has 2 aromatic carbocycles. The van der Waals surface area contributed by atoms with Crippen molar-refractivity contribution in [2.24, 2.45) is 0 Å². The zero-order valence-electron chi connectivity index (χ0n) is 17.2. The molecule has 2 heterocycles. The van der Waals surface area contributed by atoms with Crippen LogP contribution in [0.3, 0.4) is 0 Å². The normalized spacial score (nSPS) is 22.1. The quantitative estimate of drug-likeness (QED) is 0.587. The van der Waals surface area contributed by atoms with E-state index in [-0.39, 0.29) is 12.1 Å². The van der Waals surface area contributed by atoms with Gasteiger partial charge in [0, 0.05) is 18.6 Å². The van der Waals surface area contributed by atoms with Gasteiger partial charge in [-0.15, -0.1) is 0 Å². The number of hydrogen-bond acceptors (Lipinski definition) is 2. The average molecular weight is 451 g/mol. The standard InChI is InChI=1S/C24H26ClF3N2O/c25-22-19(11-6-12-20(22)24(26,27)28)23(31)29-15-16-7-1-2-10-18(16)21-13-5-9-17-8-3-4-14-30(17)21/h1-2,6-7,10-12,17,21H,3-5,8-9,13-15H2,(H,29,31). The molecule has 2 unspecified atom stereocenters. The first-order chi connectivity index (χ1) is 14.9. The van der Waals surface area contributed by atoms with Gasteiger partial charge >= 0.3 is 6.18 Å². The summed E-state index contributed by atoms with van der Waals surface area (Å²) in [7, 11) is 0. The van der Waals surface area contributed by atoms with Crippen molar-refractivity contribution in [3.05, 3.63) is 69.7 Å². The predicted molar refractivity (Wildman–Crippen MR) is 115 cm³/mol. The first-order valence-corrected chi connectivity index (χ1v) is 11.2. The van der Waals surface area contributed by atoms with Crippen molar-refractivity contribution in [2.75, 3.05) is 6.54 Å². The maximum atomic E-state index is 13.1. The predicted octanol–water partition coefficient (Wildman–Crippen LogP) is 6.37. The van der Waals surface area contributed by atoms with Gasteiger partial charge in [-0.1, -0.05) is 48.4 Å². The summed E-state index contributed by atoms with van der Waals surface area (Å²) in [5, 5.41) is 2.21. The summed E-state index contributed by atoms with van der Waals surface area (Å²) in [4.78, 5) is 15.3. The molecule has 0 aromatic heterocycles. The number of halogens is 4. The van der Waals surface area contributed by atoms with Crippen molar-refractivity contribution in [3.8, 4) is 0 Å². The Morgan fingerprint density at radius 2 is 1.81 bits per heavy atom. The smallest absolute Gasteiger partial charge is 0.348 e. The summed E-state index contributed by atoms with van der Waals surface area (Å²) in [6.07, 6.45) is 2.63. The minimum absolute atomic E-state index is 0.164. The van der Waals surface area contributed by atoms with E-state index in [0.29, 0.717) is 12.1 Å². The van der Waals surface area contributed by atoms with E-state index in [9.17, 15) is 18.0 Å². The van der Waals surface area contributed by atoms with Crippen LogP contribution in [0.1, 0.15) is 71.6 Å². The molecular weight excluding hydrogens is 425 g/mol. The van der Waals surface area contributed by atoms with Crippen LogP contribution in [0, 0.1) is 0 Å². The number of hydrogen-bond donors (Lipinski definition) is 1. The average Bonchev–Trinajstić information content (AvgIpc) is 2.76. The molecule has 2 aromatic rings. The molecule has 0 radical (unpaired) electrons. The van der Waals surface area contributed by atoms with Crippen LogP contribution in [0.2, 0.25) is 5.02 Å². The fourth-order valence-electron chi connectivity index (χ4n) is 5.01. The highest BCUT2D eigenvalue weighted by atomic mass is 35.5. The van der Waals surface area contributed by atoms with Gasteiger partial charge in [-0.2, -0.15) is 13.2 Å². The van der Waals surface area contributed by atoms with Crippen LogP contribution in [0.25, 0.3) is 0 Å². The number of carbonyl (C=O) groups is 1. The molecule has 2 fully saturated rings. The van der Waals surface area contributed by atoms with E-state index in [1.54, 1.807) is 0 Å². The molecule has 166 valence electrons. The molecule has 2 aliphatic rings. The highest BCUT2D eigenvalue weighted by Gasteiger charge is 2.35. The summed E-state index contributed by atoms with van der Waals surface area (Å²) >= 11 is 5.91. The van der Waals surface area contributed by atoms with E-state index in [4.69, 9.17) is 11.6 Å².